The summed E-state index contributed by atoms with van der Waals surface area (Å²) in [6, 6.07) is 25.7. The Labute approximate surface area is 258 Å². The molecule has 0 spiro atoms. The fourth-order valence-electron chi connectivity index (χ4n) is 4.81. The van der Waals surface area contributed by atoms with E-state index in [1.807, 2.05) is 68.4 Å². The molecule has 4 rings (SSSR count). The number of nitriles is 1. The van der Waals surface area contributed by atoms with E-state index in [0.29, 0.717) is 17.7 Å². The third-order valence-corrected chi connectivity index (χ3v) is 7.40. The van der Waals surface area contributed by atoms with Crippen molar-refractivity contribution in [2.45, 2.75) is 51.3 Å². The number of benzene rings is 3. The topological polar surface area (TPSA) is 119 Å². The molecule has 3 aromatic carbocycles. The molecule has 44 heavy (non-hydrogen) atoms. The van der Waals surface area contributed by atoms with Crippen molar-refractivity contribution >= 4 is 18.2 Å². The van der Waals surface area contributed by atoms with Gasteiger partial charge < -0.3 is 24.3 Å². The summed E-state index contributed by atoms with van der Waals surface area (Å²) in [4.78, 5) is 30.4. The van der Waals surface area contributed by atoms with Crippen LogP contribution in [0.3, 0.4) is 0 Å². The van der Waals surface area contributed by atoms with Crippen LogP contribution in [0, 0.1) is 25.2 Å². The van der Waals surface area contributed by atoms with Crippen LogP contribution < -0.4 is 5.32 Å². The van der Waals surface area contributed by atoms with Crippen molar-refractivity contribution in [1.29, 1.82) is 5.26 Å². The highest BCUT2D eigenvalue weighted by Crippen LogP contribution is 2.40. The van der Waals surface area contributed by atoms with Crippen molar-refractivity contribution in [2.24, 2.45) is 4.99 Å². The standard InChI is InChI=1S/C35H37N3O6/c1-24-10-14-27(15-11-24)33(39)42-23-30-35(3,44-34(40)28-16-12-25(2)13-17-28)32(41-22-26-8-6-5-7-9-26)31(43-30)29(20-36)21-38-19-18-37-4/h5-18,21,30-32,38H,19,22-23H2,1-4H3/b29-21+,37-18?/t30?,31?,32-,35+/m0/s1. The van der Waals surface area contributed by atoms with E-state index in [2.05, 4.69) is 16.4 Å². The normalized spacial score (nSPS) is 21.5. The number of esters is 2. The molecule has 4 atom stereocenters. The molecule has 1 saturated heterocycles. The van der Waals surface area contributed by atoms with Gasteiger partial charge in [-0.05, 0) is 50.6 Å². The number of rotatable bonds is 12. The Kier molecular flexibility index (Phi) is 11.0. The first-order valence-electron chi connectivity index (χ1n) is 14.3. The molecule has 0 amide bonds. The van der Waals surface area contributed by atoms with E-state index >= 15 is 0 Å². The molecule has 1 heterocycles. The number of carbonyl (C=O) groups excluding carboxylic acids is 2. The average Bonchev–Trinajstić information content (AvgIpc) is 3.30. The zero-order chi connectivity index (χ0) is 31.5. The fourth-order valence-corrected chi connectivity index (χ4v) is 4.81. The minimum Gasteiger partial charge on any atom is -0.459 e. The predicted molar refractivity (Wildman–Crippen MR) is 166 cm³/mol. The van der Waals surface area contributed by atoms with E-state index in [-0.39, 0.29) is 18.8 Å². The second kappa shape index (κ2) is 15.1. The van der Waals surface area contributed by atoms with Crippen LogP contribution in [-0.4, -0.2) is 62.3 Å². The molecule has 9 nitrogen and oxygen atoms in total. The second-order valence-corrected chi connectivity index (χ2v) is 10.7. The van der Waals surface area contributed by atoms with E-state index in [0.717, 1.165) is 16.7 Å². The minimum atomic E-state index is -1.46. The molecule has 1 fully saturated rings. The number of hydrogen-bond donors (Lipinski definition) is 1. The second-order valence-electron chi connectivity index (χ2n) is 10.7. The molecule has 3 aromatic rings. The summed E-state index contributed by atoms with van der Waals surface area (Å²) < 4.78 is 24.7. The van der Waals surface area contributed by atoms with E-state index in [1.54, 1.807) is 44.5 Å². The maximum atomic E-state index is 13.5. The van der Waals surface area contributed by atoms with Crippen LogP contribution in [0.4, 0.5) is 0 Å². The molecule has 1 aliphatic rings. The highest BCUT2D eigenvalue weighted by Gasteiger charge is 2.59. The van der Waals surface area contributed by atoms with Gasteiger partial charge in [0.05, 0.1) is 29.4 Å². The lowest BCUT2D eigenvalue weighted by atomic mass is 9.90. The maximum Gasteiger partial charge on any atom is 0.338 e. The molecule has 1 N–H and O–H groups in total. The summed E-state index contributed by atoms with van der Waals surface area (Å²) in [6.45, 7) is 5.84. The van der Waals surface area contributed by atoms with Gasteiger partial charge in [-0.2, -0.15) is 5.26 Å². The van der Waals surface area contributed by atoms with Gasteiger partial charge in [-0.15, -0.1) is 0 Å². The Bertz CT molecular complexity index is 1510. The third kappa shape index (κ3) is 7.98. The Hall–Kier alpha value is -4.78. The first-order chi connectivity index (χ1) is 21.2. The van der Waals surface area contributed by atoms with Crippen molar-refractivity contribution < 1.29 is 28.5 Å². The van der Waals surface area contributed by atoms with Gasteiger partial charge in [-0.1, -0.05) is 65.7 Å². The zero-order valence-corrected chi connectivity index (χ0v) is 25.4. The molecular weight excluding hydrogens is 558 g/mol. The lowest BCUT2D eigenvalue weighted by Crippen LogP contribution is -2.52. The molecule has 228 valence electrons. The van der Waals surface area contributed by atoms with E-state index < -0.39 is 35.9 Å². The third-order valence-electron chi connectivity index (χ3n) is 7.40. The molecule has 9 heteroatoms. The Morgan fingerprint density at radius 3 is 2.18 bits per heavy atom. The Balaban J connectivity index is 1.69. The molecule has 0 aliphatic carbocycles. The fraction of sp³-hybridized carbons (Fsp3) is 0.314. The van der Waals surface area contributed by atoms with E-state index in [4.69, 9.17) is 18.9 Å². The Morgan fingerprint density at radius 2 is 1.59 bits per heavy atom. The summed E-state index contributed by atoms with van der Waals surface area (Å²) in [5.41, 5.74) is 2.35. The number of ether oxygens (including phenoxy) is 4. The van der Waals surface area contributed by atoms with Gasteiger partial charge in [0.1, 0.15) is 24.9 Å². The molecular formula is C35H37N3O6. The number of hydrogen-bond acceptors (Lipinski definition) is 9. The van der Waals surface area contributed by atoms with Crippen molar-refractivity contribution in [3.8, 4) is 6.07 Å². The van der Waals surface area contributed by atoms with Gasteiger partial charge in [-0.3, -0.25) is 4.99 Å². The number of aryl methyl sites for hydroxylation is 2. The molecule has 0 radical (unpaired) electrons. The van der Waals surface area contributed by atoms with Crippen LogP contribution in [0.5, 0.6) is 0 Å². The summed E-state index contributed by atoms with van der Waals surface area (Å²) in [5, 5.41) is 13.2. The van der Waals surface area contributed by atoms with Crippen molar-refractivity contribution in [3.63, 3.8) is 0 Å². The Morgan fingerprint density at radius 1 is 0.977 bits per heavy atom. The summed E-state index contributed by atoms with van der Waals surface area (Å²) in [5.74, 6) is -1.15. The smallest absolute Gasteiger partial charge is 0.338 e. The van der Waals surface area contributed by atoms with Crippen LogP contribution >= 0.6 is 0 Å². The quantitative estimate of drug-likeness (QED) is 0.133. The summed E-state index contributed by atoms with van der Waals surface area (Å²) in [7, 11) is 1.65. The largest absolute Gasteiger partial charge is 0.459 e. The highest BCUT2D eigenvalue weighted by atomic mass is 16.6. The number of nitrogens with zero attached hydrogens (tertiary/aromatic N) is 2. The van der Waals surface area contributed by atoms with Crippen LogP contribution in [0.15, 0.2) is 95.6 Å². The van der Waals surface area contributed by atoms with Crippen LogP contribution in [0.1, 0.15) is 44.3 Å². The number of nitrogens with one attached hydrogen (secondary N) is 1. The predicted octanol–water partition coefficient (Wildman–Crippen LogP) is 5.13. The van der Waals surface area contributed by atoms with E-state index in [9.17, 15) is 14.9 Å². The van der Waals surface area contributed by atoms with Gasteiger partial charge in [-0.25, -0.2) is 9.59 Å². The number of carbonyl (C=O) groups is 2. The first-order valence-corrected chi connectivity index (χ1v) is 14.3. The van der Waals surface area contributed by atoms with Crippen molar-refractivity contribution in [3.05, 3.63) is 118 Å². The SMILES string of the molecule is CN=CCN/C=C(\C#N)C1OC(COC(=O)c2ccc(C)cc2)[C@@](C)(OC(=O)c2ccc(C)cc2)[C@H]1OCc1ccccc1. The van der Waals surface area contributed by atoms with Crippen LogP contribution in [0.25, 0.3) is 0 Å². The summed E-state index contributed by atoms with van der Waals surface area (Å²) >= 11 is 0. The van der Waals surface area contributed by atoms with Gasteiger partial charge in [0.2, 0.25) is 0 Å². The monoisotopic (exact) mass is 595 g/mol. The first kappa shape index (κ1) is 32.1. The molecule has 0 saturated carbocycles. The maximum absolute atomic E-state index is 13.5. The van der Waals surface area contributed by atoms with Crippen molar-refractivity contribution in [2.75, 3.05) is 20.2 Å². The van der Waals surface area contributed by atoms with Crippen molar-refractivity contribution in [1.82, 2.24) is 5.32 Å². The van der Waals surface area contributed by atoms with Crippen LogP contribution in [0.2, 0.25) is 0 Å². The lowest BCUT2D eigenvalue weighted by molar-refractivity contribution is -0.114. The van der Waals surface area contributed by atoms with Gasteiger partial charge in [0.25, 0.3) is 0 Å². The molecule has 1 aliphatic heterocycles. The average molecular weight is 596 g/mol. The van der Waals surface area contributed by atoms with Gasteiger partial charge in [0.15, 0.2) is 5.60 Å². The van der Waals surface area contributed by atoms with Crippen LogP contribution in [-0.2, 0) is 25.6 Å². The lowest BCUT2D eigenvalue weighted by Gasteiger charge is -2.34. The molecule has 0 aromatic heterocycles. The molecule has 2 unspecified atom stereocenters. The number of aliphatic imine (C=N–C) groups is 1. The zero-order valence-electron chi connectivity index (χ0n) is 25.4. The minimum absolute atomic E-state index is 0.160. The van der Waals surface area contributed by atoms with Gasteiger partial charge in [0, 0.05) is 26.0 Å². The summed E-state index contributed by atoms with van der Waals surface area (Å²) in [6.07, 6.45) is 0.340. The highest BCUT2D eigenvalue weighted by molar-refractivity contribution is 5.90. The molecule has 0 bridgehead atoms. The van der Waals surface area contributed by atoms with Gasteiger partial charge >= 0.3 is 11.9 Å². The van der Waals surface area contributed by atoms with E-state index in [1.165, 1.54) is 6.20 Å².